The average Bonchev–Trinajstić information content (AvgIpc) is 2.03. The zero-order valence-electron chi connectivity index (χ0n) is 6.63. The third kappa shape index (κ3) is 4.32. The molecule has 0 aliphatic heterocycles. The number of nitrogens with zero attached hydrogens (tertiary/aromatic N) is 1. The van der Waals surface area contributed by atoms with Crippen LogP contribution in [0.3, 0.4) is 0 Å². The maximum absolute atomic E-state index is 10.7. The molecule has 0 aliphatic carbocycles. The molecule has 64 valence electrons. The largest absolute Gasteiger partial charge is 0.409 e. The van der Waals surface area contributed by atoms with Crippen LogP contribution >= 0.6 is 0 Å². The van der Waals surface area contributed by atoms with Gasteiger partial charge in [0, 0.05) is 13.5 Å². The van der Waals surface area contributed by atoms with Crippen LogP contribution in [-0.4, -0.2) is 30.7 Å². The highest BCUT2D eigenvalue weighted by Crippen LogP contribution is 1.78. The first-order valence-corrected chi connectivity index (χ1v) is 3.24. The number of hydrogen-bond acceptors (Lipinski definition) is 4. The monoisotopic (exact) mass is 160 g/mol. The van der Waals surface area contributed by atoms with E-state index in [9.17, 15) is 4.79 Å². The second kappa shape index (κ2) is 5.67. The molecule has 0 fully saturated rings. The smallest absolute Gasteiger partial charge is 0.225 e. The number of amidine groups is 1. The van der Waals surface area contributed by atoms with E-state index >= 15 is 0 Å². The second-order valence-electron chi connectivity index (χ2n) is 1.88. The molecule has 0 aliphatic rings. The predicted octanol–water partition coefficient (Wildman–Crippen LogP) is -0.0533. The van der Waals surface area contributed by atoms with Crippen LogP contribution in [0.2, 0.25) is 0 Å². The van der Waals surface area contributed by atoms with Crippen molar-refractivity contribution in [2.45, 2.75) is 13.3 Å². The number of carbonyl (C=O) groups is 1. The van der Waals surface area contributed by atoms with Crippen LogP contribution in [0.5, 0.6) is 0 Å². The van der Waals surface area contributed by atoms with Gasteiger partial charge in [-0.3, -0.25) is 4.79 Å². The fourth-order valence-corrected chi connectivity index (χ4v) is 0.476. The predicted molar refractivity (Wildman–Crippen MR) is 39.5 cm³/mol. The highest BCUT2D eigenvalue weighted by atomic mass is 16.5. The van der Waals surface area contributed by atoms with Crippen molar-refractivity contribution in [1.82, 2.24) is 5.32 Å². The van der Waals surface area contributed by atoms with Crippen molar-refractivity contribution in [2.24, 2.45) is 5.16 Å². The van der Waals surface area contributed by atoms with Gasteiger partial charge in [0.25, 0.3) is 0 Å². The Morgan fingerprint density at radius 2 is 2.36 bits per heavy atom. The lowest BCUT2D eigenvalue weighted by Crippen LogP contribution is -2.32. The Bertz CT molecular complexity index is 156. The number of nitrogens with one attached hydrogen (secondary N) is 1. The minimum atomic E-state index is -0.199. The van der Waals surface area contributed by atoms with Crippen molar-refractivity contribution in [3.8, 4) is 0 Å². The normalized spacial score (nSPS) is 11.3. The molecule has 0 aromatic heterocycles. The lowest BCUT2D eigenvalue weighted by molar-refractivity contribution is -0.119. The van der Waals surface area contributed by atoms with Gasteiger partial charge in [-0.15, -0.1) is 0 Å². The molecule has 5 nitrogen and oxygen atoms in total. The first-order chi connectivity index (χ1) is 5.24. The van der Waals surface area contributed by atoms with E-state index in [-0.39, 0.29) is 18.3 Å². The summed E-state index contributed by atoms with van der Waals surface area (Å²) in [5.41, 5.74) is 0. The molecule has 1 amide bonds. The Morgan fingerprint density at radius 3 is 2.73 bits per heavy atom. The molecular formula is C6H12N2O3. The first kappa shape index (κ1) is 9.90. The van der Waals surface area contributed by atoms with Gasteiger partial charge in [-0.2, -0.15) is 0 Å². The standard InChI is InChI=1S/C6H12N2O3/c1-3-6(9)7-5(8-10)4-11-2/h10H,3-4H2,1-2H3,(H,7,8,9). The van der Waals surface area contributed by atoms with Gasteiger partial charge in [-0.05, 0) is 0 Å². The number of rotatable bonds is 3. The number of carbonyl (C=O) groups excluding carboxylic acids is 1. The number of hydrogen-bond donors (Lipinski definition) is 2. The van der Waals surface area contributed by atoms with Crippen molar-refractivity contribution in [3.63, 3.8) is 0 Å². The Morgan fingerprint density at radius 1 is 1.73 bits per heavy atom. The molecule has 0 rings (SSSR count). The van der Waals surface area contributed by atoms with Crippen molar-refractivity contribution in [1.29, 1.82) is 0 Å². The van der Waals surface area contributed by atoms with E-state index in [0.29, 0.717) is 6.42 Å². The molecule has 0 bridgehead atoms. The maximum atomic E-state index is 10.7. The Balaban J connectivity index is 3.79. The molecule has 11 heavy (non-hydrogen) atoms. The SMILES string of the molecule is CCC(=O)NC(COC)=NO. The Kier molecular flexibility index (Phi) is 5.10. The van der Waals surface area contributed by atoms with Gasteiger partial charge < -0.3 is 15.3 Å². The van der Waals surface area contributed by atoms with Crippen molar-refractivity contribution >= 4 is 11.7 Å². The Hall–Kier alpha value is -1.10. The van der Waals surface area contributed by atoms with E-state index in [4.69, 9.17) is 5.21 Å². The summed E-state index contributed by atoms with van der Waals surface area (Å²) in [5.74, 6) is -0.0748. The van der Waals surface area contributed by atoms with E-state index in [0.717, 1.165) is 0 Å². The van der Waals surface area contributed by atoms with Crippen LogP contribution in [0, 0.1) is 0 Å². The molecule has 0 atom stereocenters. The lowest BCUT2D eigenvalue weighted by atomic mass is 10.4. The third-order valence-electron chi connectivity index (χ3n) is 1.01. The summed E-state index contributed by atoms with van der Waals surface area (Å²) in [4.78, 5) is 10.7. The maximum Gasteiger partial charge on any atom is 0.225 e. The minimum absolute atomic E-state index is 0.0994. The number of amides is 1. The van der Waals surface area contributed by atoms with Crippen LogP contribution in [-0.2, 0) is 9.53 Å². The molecule has 5 heteroatoms. The van der Waals surface area contributed by atoms with E-state index in [2.05, 4.69) is 15.2 Å². The van der Waals surface area contributed by atoms with Gasteiger partial charge in [0.15, 0.2) is 5.84 Å². The summed E-state index contributed by atoms with van der Waals surface area (Å²) in [6.45, 7) is 1.80. The van der Waals surface area contributed by atoms with E-state index < -0.39 is 0 Å². The zero-order valence-corrected chi connectivity index (χ0v) is 6.63. The molecule has 0 spiro atoms. The second-order valence-corrected chi connectivity index (χ2v) is 1.88. The highest BCUT2D eigenvalue weighted by molar-refractivity contribution is 5.98. The molecule has 2 N–H and O–H groups in total. The van der Waals surface area contributed by atoms with Crippen LogP contribution < -0.4 is 5.32 Å². The fraction of sp³-hybridized carbons (Fsp3) is 0.667. The average molecular weight is 160 g/mol. The minimum Gasteiger partial charge on any atom is -0.409 e. The van der Waals surface area contributed by atoms with Crippen LogP contribution in [0.1, 0.15) is 13.3 Å². The topological polar surface area (TPSA) is 70.9 Å². The molecular weight excluding hydrogens is 148 g/mol. The van der Waals surface area contributed by atoms with Crippen molar-refractivity contribution in [2.75, 3.05) is 13.7 Å². The molecule has 0 saturated heterocycles. The number of oxime groups is 1. The summed E-state index contributed by atoms with van der Waals surface area (Å²) in [5, 5.41) is 13.5. The van der Waals surface area contributed by atoms with Crippen molar-refractivity contribution in [3.05, 3.63) is 0 Å². The molecule has 0 heterocycles. The quantitative estimate of drug-likeness (QED) is 0.263. The third-order valence-corrected chi connectivity index (χ3v) is 1.01. The zero-order chi connectivity index (χ0) is 8.69. The molecule has 0 saturated carbocycles. The van der Waals surface area contributed by atoms with Gasteiger partial charge in [0.05, 0.1) is 0 Å². The van der Waals surface area contributed by atoms with Gasteiger partial charge >= 0.3 is 0 Å². The van der Waals surface area contributed by atoms with E-state index in [1.807, 2.05) is 0 Å². The van der Waals surface area contributed by atoms with Crippen molar-refractivity contribution < 1.29 is 14.7 Å². The first-order valence-electron chi connectivity index (χ1n) is 3.24. The van der Waals surface area contributed by atoms with Crippen LogP contribution in [0.15, 0.2) is 5.16 Å². The lowest BCUT2D eigenvalue weighted by Gasteiger charge is -2.03. The van der Waals surface area contributed by atoms with Gasteiger partial charge in [0.2, 0.25) is 5.91 Å². The molecule has 0 aromatic carbocycles. The summed E-state index contributed by atoms with van der Waals surface area (Å²) < 4.78 is 4.63. The summed E-state index contributed by atoms with van der Waals surface area (Å²) >= 11 is 0. The van der Waals surface area contributed by atoms with Crippen LogP contribution in [0.25, 0.3) is 0 Å². The highest BCUT2D eigenvalue weighted by Gasteiger charge is 2.02. The van der Waals surface area contributed by atoms with E-state index in [1.165, 1.54) is 7.11 Å². The van der Waals surface area contributed by atoms with Gasteiger partial charge in [-0.25, -0.2) is 0 Å². The van der Waals surface area contributed by atoms with Gasteiger partial charge in [-0.1, -0.05) is 12.1 Å². The summed E-state index contributed by atoms with van der Waals surface area (Å²) in [6.07, 6.45) is 0.350. The van der Waals surface area contributed by atoms with E-state index in [1.54, 1.807) is 6.92 Å². The Labute approximate surface area is 65.0 Å². The molecule has 0 unspecified atom stereocenters. The molecule has 0 aromatic rings. The van der Waals surface area contributed by atoms with Crippen LogP contribution in [0.4, 0.5) is 0 Å². The molecule has 0 radical (unpaired) electrons. The number of methoxy groups -OCH3 is 1. The number of ether oxygens (including phenoxy) is 1. The summed E-state index contributed by atoms with van der Waals surface area (Å²) in [7, 11) is 1.45. The van der Waals surface area contributed by atoms with Gasteiger partial charge in [0.1, 0.15) is 6.61 Å². The fourth-order valence-electron chi connectivity index (χ4n) is 0.476. The summed E-state index contributed by atoms with van der Waals surface area (Å²) in [6, 6.07) is 0.